The third-order valence-electron chi connectivity index (χ3n) is 4.90. The Morgan fingerprint density at radius 1 is 1.38 bits per heavy atom. The summed E-state index contributed by atoms with van der Waals surface area (Å²) in [5, 5.41) is 10.9. The van der Waals surface area contributed by atoms with Crippen LogP contribution in [0.1, 0.15) is 63.8 Å². The van der Waals surface area contributed by atoms with E-state index in [1.807, 2.05) is 6.07 Å². The van der Waals surface area contributed by atoms with Gasteiger partial charge >= 0.3 is 0 Å². The number of carbonyl (C=O) groups is 1. The summed E-state index contributed by atoms with van der Waals surface area (Å²) in [4.78, 5) is 17.9. The van der Waals surface area contributed by atoms with Crippen LogP contribution >= 0.6 is 0 Å². The second-order valence-corrected chi connectivity index (χ2v) is 7.69. The molecule has 146 valence electrons. The van der Waals surface area contributed by atoms with Gasteiger partial charge in [-0.15, -0.1) is 0 Å². The molecule has 1 fully saturated rings. The molecule has 2 rings (SSSR count). The van der Waals surface area contributed by atoms with Crippen molar-refractivity contribution in [1.29, 1.82) is 0 Å². The first kappa shape index (κ1) is 20.3. The van der Waals surface area contributed by atoms with Gasteiger partial charge in [0, 0.05) is 26.2 Å². The number of rotatable bonds is 6. The molecule has 1 heterocycles. The number of aromatic nitrogens is 1. The summed E-state index contributed by atoms with van der Waals surface area (Å²) in [5.41, 5.74) is 0.942. The third-order valence-corrected chi connectivity index (χ3v) is 4.90. The van der Waals surface area contributed by atoms with Gasteiger partial charge in [-0.3, -0.25) is 4.79 Å². The van der Waals surface area contributed by atoms with E-state index in [4.69, 9.17) is 4.52 Å². The Bertz CT molecular complexity index is 609. The molecule has 1 aromatic heterocycles. The first-order chi connectivity index (χ1) is 12.4. The van der Waals surface area contributed by atoms with Crippen LogP contribution in [0.4, 0.5) is 0 Å². The van der Waals surface area contributed by atoms with Crippen molar-refractivity contribution in [2.24, 2.45) is 10.9 Å². The molecular weight excluding hydrogens is 330 g/mol. The number of nitrogens with zero attached hydrogens (tertiary/aromatic N) is 3. The molecule has 2 N–H and O–H groups in total. The Morgan fingerprint density at radius 2 is 2.12 bits per heavy atom. The minimum absolute atomic E-state index is 0.0236. The van der Waals surface area contributed by atoms with Gasteiger partial charge in [0.2, 0.25) is 5.91 Å². The summed E-state index contributed by atoms with van der Waals surface area (Å²) in [6.45, 7) is 7.05. The normalized spacial score (nSPS) is 20.9. The molecule has 0 radical (unpaired) electrons. The van der Waals surface area contributed by atoms with Gasteiger partial charge in [-0.05, 0) is 24.7 Å². The number of hydrogen-bond donors (Lipinski definition) is 2. The van der Waals surface area contributed by atoms with Crippen LogP contribution in [-0.4, -0.2) is 48.6 Å². The quantitative estimate of drug-likeness (QED) is 0.599. The van der Waals surface area contributed by atoms with Crippen molar-refractivity contribution in [1.82, 2.24) is 20.7 Å². The zero-order valence-electron chi connectivity index (χ0n) is 16.7. The molecule has 7 heteroatoms. The molecule has 0 aromatic carbocycles. The van der Waals surface area contributed by atoms with Crippen LogP contribution in [0.25, 0.3) is 0 Å². The van der Waals surface area contributed by atoms with E-state index in [0.717, 1.165) is 17.9 Å². The highest BCUT2D eigenvalue weighted by Crippen LogP contribution is 2.23. The smallest absolute Gasteiger partial charge is 0.243 e. The highest BCUT2D eigenvalue weighted by atomic mass is 16.5. The molecule has 0 aliphatic heterocycles. The van der Waals surface area contributed by atoms with Crippen molar-refractivity contribution in [3.8, 4) is 0 Å². The molecule has 2 atom stereocenters. The van der Waals surface area contributed by atoms with E-state index in [0.29, 0.717) is 30.4 Å². The highest BCUT2D eigenvalue weighted by molar-refractivity contribution is 5.84. The highest BCUT2D eigenvalue weighted by Gasteiger charge is 2.22. The van der Waals surface area contributed by atoms with Crippen molar-refractivity contribution in [2.45, 2.75) is 65.0 Å². The average molecular weight is 364 g/mol. The number of nitrogens with one attached hydrogen (secondary N) is 2. The molecule has 7 nitrogen and oxygen atoms in total. The van der Waals surface area contributed by atoms with Crippen molar-refractivity contribution in [3.63, 3.8) is 0 Å². The van der Waals surface area contributed by atoms with E-state index in [9.17, 15) is 4.79 Å². The standard InChI is InChI=1S/C19H33N5O2/c1-13(2)17-10-15(26-23-17)11-20-19(21-12-18(25)24(4)5)22-16-9-7-6-8-14(16)3/h10,13-14,16H,6-9,11-12H2,1-5H3,(H2,20,21,22). The molecule has 1 amide bonds. The van der Waals surface area contributed by atoms with Crippen LogP contribution < -0.4 is 10.6 Å². The SMILES string of the molecule is CC(C)c1cc(CNC(=NCC(=O)N(C)C)NC2CCCCC2C)on1. The molecule has 0 saturated heterocycles. The Kier molecular flexibility index (Phi) is 7.48. The van der Waals surface area contributed by atoms with Crippen LogP contribution in [0.15, 0.2) is 15.6 Å². The lowest BCUT2D eigenvalue weighted by molar-refractivity contribution is -0.127. The van der Waals surface area contributed by atoms with Gasteiger partial charge in [-0.2, -0.15) is 0 Å². The molecule has 1 aliphatic carbocycles. The van der Waals surface area contributed by atoms with Crippen molar-refractivity contribution < 1.29 is 9.32 Å². The minimum atomic E-state index is -0.0236. The molecule has 1 aliphatic rings. The molecule has 26 heavy (non-hydrogen) atoms. The van der Waals surface area contributed by atoms with E-state index < -0.39 is 0 Å². The zero-order chi connectivity index (χ0) is 19.1. The predicted octanol–water partition coefficient (Wildman–Crippen LogP) is 2.50. The van der Waals surface area contributed by atoms with Gasteiger partial charge in [0.1, 0.15) is 6.54 Å². The predicted molar refractivity (Wildman–Crippen MR) is 103 cm³/mol. The third kappa shape index (κ3) is 6.04. The lowest BCUT2D eigenvalue weighted by Gasteiger charge is -2.30. The number of aliphatic imine (C=N–C) groups is 1. The first-order valence-electron chi connectivity index (χ1n) is 9.57. The maximum Gasteiger partial charge on any atom is 0.243 e. The Labute approximate surface area is 156 Å². The fraction of sp³-hybridized carbons (Fsp3) is 0.737. The van der Waals surface area contributed by atoms with Crippen molar-refractivity contribution in [3.05, 3.63) is 17.5 Å². The van der Waals surface area contributed by atoms with Crippen LogP contribution in [0, 0.1) is 5.92 Å². The summed E-state index contributed by atoms with van der Waals surface area (Å²) in [6.07, 6.45) is 4.87. The maximum atomic E-state index is 11.9. The lowest BCUT2D eigenvalue weighted by Crippen LogP contribution is -2.47. The van der Waals surface area contributed by atoms with E-state index in [1.165, 1.54) is 19.3 Å². The Hall–Kier alpha value is -2.05. The number of hydrogen-bond acceptors (Lipinski definition) is 4. The first-order valence-corrected chi connectivity index (χ1v) is 9.57. The maximum absolute atomic E-state index is 11.9. The number of amides is 1. The average Bonchev–Trinajstić information content (AvgIpc) is 3.08. The fourth-order valence-corrected chi connectivity index (χ4v) is 3.00. The van der Waals surface area contributed by atoms with Crippen molar-refractivity contribution in [2.75, 3.05) is 20.6 Å². The number of likely N-dealkylation sites (N-methyl/N-ethyl adjacent to an activating group) is 1. The van der Waals surface area contributed by atoms with Crippen LogP contribution in [0.3, 0.4) is 0 Å². The van der Waals surface area contributed by atoms with Crippen LogP contribution in [0.2, 0.25) is 0 Å². The fourth-order valence-electron chi connectivity index (χ4n) is 3.00. The summed E-state index contributed by atoms with van der Waals surface area (Å²) in [5.74, 6) is 2.32. The van der Waals surface area contributed by atoms with Gasteiger partial charge in [0.25, 0.3) is 0 Å². The Morgan fingerprint density at radius 3 is 2.73 bits per heavy atom. The second kappa shape index (κ2) is 9.59. The Balaban J connectivity index is 2.01. The minimum Gasteiger partial charge on any atom is -0.359 e. The van der Waals surface area contributed by atoms with Gasteiger partial charge in [-0.1, -0.05) is 38.8 Å². The number of carbonyl (C=O) groups excluding carboxylic acids is 1. The van der Waals surface area contributed by atoms with Gasteiger partial charge in [-0.25, -0.2) is 4.99 Å². The van der Waals surface area contributed by atoms with Gasteiger partial charge < -0.3 is 20.1 Å². The summed E-state index contributed by atoms with van der Waals surface area (Å²) >= 11 is 0. The molecule has 0 bridgehead atoms. The van der Waals surface area contributed by atoms with E-state index >= 15 is 0 Å². The van der Waals surface area contributed by atoms with E-state index in [2.05, 4.69) is 41.6 Å². The van der Waals surface area contributed by atoms with Crippen LogP contribution in [-0.2, 0) is 11.3 Å². The monoisotopic (exact) mass is 363 g/mol. The molecular formula is C19H33N5O2. The lowest BCUT2D eigenvalue weighted by atomic mass is 9.86. The molecule has 1 aromatic rings. The van der Waals surface area contributed by atoms with Crippen LogP contribution in [0.5, 0.6) is 0 Å². The second-order valence-electron chi connectivity index (χ2n) is 7.69. The molecule has 1 saturated carbocycles. The molecule has 2 unspecified atom stereocenters. The molecule has 0 spiro atoms. The van der Waals surface area contributed by atoms with Gasteiger partial charge in [0.15, 0.2) is 11.7 Å². The zero-order valence-corrected chi connectivity index (χ0v) is 16.7. The number of guanidine groups is 1. The van der Waals surface area contributed by atoms with E-state index in [-0.39, 0.29) is 12.5 Å². The topological polar surface area (TPSA) is 82.8 Å². The summed E-state index contributed by atoms with van der Waals surface area (Å²) in [6, 6.07) is 2.34. The van der Waals surface area contributed by atoms with Gasteiger partial charge in [0.05, 0.1) is 12.2 Å². The van der Waals surface area contributed by atoms with Crippen molar-refractivity contribution >= 4 is 11.9 Å². The van der Waals surface area contributed by atoms with E-state index in [1.54, 1.807) is 19.0 Å². The largest absolute Gasteiger partial charge is 0.359 e. The summed E-state index contributed by atoms with van der Waals surface area (Å²) < 4.78 is 5.38. The summed E-state index contributed by atoms with van der Waals surface area (Å²) in [7, 11) is 3.48.